The van der Waals surface area contributed by atoms with E-state index in [0.717, 1.165) is 77.2 Å². The van der Waals surface area contributed by atoms with Gasteiger partial charge in [0.1, 0.15) is 5.75 Å². The van der Waals surface area contributed by atoms with Crippen molar-refractivity contribution in [3.63, 3.8) is 0 Å². The number of rotatable bonds is 9. The van der Waals surface area contributed by atoms with Crippen molar-refractivity contribution in [2.45, 2.75) is 31.4 Å². The summed E-state index contributed by atoms with van der Waals surface area (Å²) in [7, 11) is 3.47. The van der Waals surface area contributed by atoms with Crippen molar-refractivity contribution < 1.29 is 18.9 Å². The van der Waals surface area contributed by atoms with E-state index in [9.17, 15) is 0 Å². The molecule has 2 heterocycles. The number of ether oxygens (including phenoxy) is 4. The van der Waals surface area contributed by atoms with Gasteiger partial charge in [-0.3, -0.25) is 9.89 Å². The fourth-order valence-corrected chi connectivity index (χ4v) is 4.10. The molecule has 2 aliphatic heterocycles. The Kier molecular flexibility index (Phi) is 9.39. The van der Waals surface area contributed by atoms with Crippen LogP contribution in [-0.2, 0) is 14.2 Å². The van der Waals surface area contributed by atoms with Crippen LogP contribution in [0.4, 0.5) is 0 Å². The van der Waals surface area contributed by atoms with Gasteiger partial charge in [-0.1, -0.05) is 12.1 Å². The molecule has 31 heavy (non-hydrogen) atoms. The Hall–Kier alpha value is -1.87. The van der Waals surface area contributed by atoms with E-state index in [1.165, 1.54) is 5.56 Å². The molecule has 0 radical (unpaired) electrons. The third-order valence-corrected chi connectivity index (χ3v) is 6.16. The Morgan fingerprint density at radius 3 is 2.35 bits per heavy atom. The number of hydrogen-bond donors (Lipinski definition) is 2. The summed E-state index contributed by atoms with van der Waals surface area (Å²) in [6, 6.07) is 8.56. The van der Waals surface area contributed by atoms with Crippen LogP contribution in [0.15, 0.2) is 29.3 Å². The zero-order valence-electron chi connectivity index (χ0n) is 19.2. The molecule has 1 aromatic carbocycles. The van der Waals surface area contributed by atoms with Crippen molar-refractivity contribution in [3.8, 4) is 5.75 Å². The summed E-state index contributed by atoms with van der Waals surface area (Å²) in [6.45, 7) is 9.07. The zero-order chi connectivity index (χ0) is 21.9. The maximum atomic E-state index is 5.84. The zero-order valence-corrected chi connectivity index (χ0v) is 19.2. The summed E-state index contributed by atoms with van der Waals surface area (Å²) >= 11 is 0. The normalized spacial score (nSPS) is 20.8. The van der Waals surface area contributed by atoms with Crippen molar-refractivity contribution in [1.82, 2.24) is 15.5 Å². The minimum absolute atomic E-state index is 0.220. The number of hydrogen-bond acceptors (Lipinski definition) is 6. The number of benzene rings is 1. The van der Waals surface area contributed by atoms with Crippen LogP contribution in [0.3, 0.4) is 0 Å². The lowest BCUT2D eigenvalue weighted by atomic mass is 9.94. The number of methoxy groups -OCH3 is 2. The van der Waals surface area contributed by atoms with Gasteiger partial charge in [-0.2, -0.15) is 0 Å². The highest BCUT2D eigenvalue weighted by Crippen LogP contribution is 2.25. The molecule has 0 spiro atoms. The van der Waals surface area contributed by atoms with Crippen LogP contribution in [0.5, 0.6) is 5.75 Å². The van der Waals surface area contributed by atoms with Crippen molar-refractivity contribution in [1.29, 1.82) is 0 Å². The molecule has 2 aliphatic rings. The van der Waals surface area contributed by atoms with Crippen LogP contribution in [0.25, 0.3) is 0 Å². The topological polar surface area (TPSA) is 76.6 Å². The maximum Gasteiger partial charge on any atom is 0.191 e. The molecule has 1 aromatic rings. The molecule has 174 valence electrons. The van der Waals surface area contributed by atoms with E-state index in [4.69, 9.17) is 23.9 Å². The molecule has 8 nitrogen and oxygen atoms in total. The van der Waals surface area contributed by atoms with Crippen molar-refractivity contribution in [2.24, 2.45) is 4.99 Å². The Morgan fingerprint density at radius 2 is 1.74 bits per heavy atom. The molecule has 3 rings (SSSR count). The summed E-state index contributed by atoms with van der Waals surface area (Å²) in [5.74, 6) is 1.69. The minimum Gasteiger partial charge on any atom is -0.497 e. The highest BCUT2D eigenvalue weighted by atomic mass is 16.5. The first-order valence-corrected chi connectivity index (χ1v) is 11.3. The maximum absolute atomic E-state index is 5.84. The molecule has 0 saturated carbocycles. The largest absolute Gasteiger partial charge is 0.497 e. The van der Waals surface area contributed by atoms with Gasteiger partial charge in [0.2, 0.25) is 0 Å². The lowest BCUT2D eigenvalue weighted by molar-refractivity contribution is -0.0828. The first-order chi connectivity index (χ1) is 15.2. The molecular formula is C23H38N4O4. The molecular weight excluding hydrogens is 396 g/mol. The van der Waals surface area contributed by atoms with Crippen LogP contribution in [0.2, 0.25) is 0 Å². The molecule has 0 bridgehead atoms. The van der Waals surface area contributed by atoms with Crippen molar-refractivity contribution in [3.05, 3.63) is 29.8 Å². The summed E-state index contributed by atoms with van der Waals surface area (Å²) in [6.07, 6.45) is 1.74. The van der Waals surface area contributed by atoms with Gasteiger partial charge in [0.05, 0.1) is 38.5 Å². The van der Waals surface area contributed by atoms with Gasteiger partial charge < -0.3 is 29.6 Å². The second-order valence-corrected chi connectivity index (χ2v) is 8.01. The van der Waals surface area contributed by atoms with E-state index in [2.05, 4.69) is 34.6 Å². The molecule has 8 heteroatoms. The van der Waals surface area contributed by atoms with Crippen LogP contribution >= 0.6 is 0 Å². The smallest absolute Gasteiger partial charge is 0.191 e. The average Bonchev–Trinajstić information content (AvgIpc) is 2.84. The third-order valence-electron chi connectivity index (χ3n) is 6.16. The minimum atomic E-state index is -0.236. The Bertz CT molecular complexity index is 671. The first-order valence-electron chi connectivity index (χ1n) is 11.3. The lowest BCUT2D eigenvalue weighted by Gasteiger charge is -2.36. The Morgan fingerprint density at radius 1 is 1.06 bits per heavy atom. The molecule has 2 saturated heterocycles. The fourth-order valence-electron chi connectivity index (χ4n) is 4.10. The van der Waals surface area contributed by atoms with Gasteiger partial charge in [-0.25, -0.2) is 0 Å². The van der Waals surface area contributed by atoms with Gasteiger partial charge in [-0.05, 0) is 24.6 Å². The van der Waals surface area contributed by atoms with Gasteiger partial charge in [-0.15, -0.1) is 0 Å². The SMILES string of the molecule is CCNC(=NCC1(OC)CCOCC1)NCC(c1ccc(OC)cc1)N1CCOCC1. The first kappa shape index (κ1) is 23.8. The van der Waals surface area contributed by atoms with Gasteiger partial charge in [0.15, 0.2) is 5.96 Å². The highest BCUT2D eigenvalue weighted by molar-refractivity contribution is 5.79. The average molecular weight is 435 g/mol. The number of guanidine groups is 1. The van der Waals surface area contributed by atoms with Gasteiger partial charge in [0, 0.05) is 59.3 Å². The highest BCUT2D eigenvalue weighted by Gasteiger charge is 2.32. The van der Waals surface area contributed by atoms with Crippen LogP contribution in [0.1, 0.15) is 31.4 Å². The van der Waals surface area contributed by atoms with Crippen molar-refractivity contribution >= 4 is 5.96 Å². The van der Waals surface area contributed by atoms with Crippen LogP contribution in [-0.4, -0.2) is 89.8 Å². The van der Waals surface area contributed by atoms with Crippen LogP contribution < -0.4 is 15.4 Å². The molecule has 1 atom stereocenters. The molecule has 0 amide bonds. The summed E-state index contributed by atoms with van der Waals surface area (Å²) in [5.41, 5.74) is 1.02. The second kappa shape index (κ2) is 12.2. The number of aliphatic imine (C=N–C) groups is 1. The lowest BCUT2D eigenvalue weighted by Crippen LogP contribution is -2.47. The monoisotopic (exact) mass is 434 g/mol. The van der Waals surface area contributed by atoms with Crippen LogP contribution in [0, 0.1) is 0 Å². The summed E-state index contributed by atoms with van der Waals surface area (Å²) in [4.78, 5) is 7.34. The third kappa shape index (κ3) is 6.80. The standard InChI is InChI=1S/C23H38N4O4/c1-4-24-22(26-18-23(29-3)9-13-30-14-10-23)25-17-21(27-11-15-31-16-12-27)19-5-7-20(28-2)8-6-19/h5-8,21H,4,9-18H2,1-3H3,(H2,24,25,26). The van der Waals surface area contributed by atoms with E-state index >= 15 is 0 Å². The summed E-state index contributed by atoms with van der Waals surface area (Å²) in [5, 5.41) is 6.94. The fraction of sp³-hybridized carbons (Fsp3) is 0.696. The van der Waals surface area contributed by atoms with E-state index in [1.807, 2.05) is 12.1 Å². The number of nitrogens with one attached hydrogen (secondary N) is 2. The van der Waals surface area contributed by atoms with Crippen molar-refractivity contribution in [2.75, 3.05) is 73.4 Å². The van der Waals surface area contributed by atoms with Gasteiger partial charge >= 0.3 is 0 Å². The van der Waals surface area contributed by atoms with E-state index in [-0.39, 0.29) is 11.6 Å². The predicted molar refractivity (Wildman–Crippen MR) is 122 cm³/mol. The molecule has 0 aromatic heterocycles. The Labute approximate surface area is 186 Å². The molecule has 2 fully saturated rings. The number of morpholine rings is 1. The summed E-state index contributed by atoms with van der Waals surface area (Å²) < 4.78 is 22.3. The quantitative estimate of drug-likeness (QED) is 0.454. The Balaban J connectivity index is 1.70. The van der Waals surface area contributed by atoms with E-state index in [0.29, 0.717) is 6.54 Å². The number of nitrogens with zero attached hydrogens (tertiary/aromatic N) is 2. The second-order valence-electron chi connectivity index (χ2n) is 8.01. The van der Waals surface area contributed by atoms with Gasteiger partial charge in [0.25, 0.3) is 0 Å². The predicted octanol–water partition coefficient (Wildman–Crippen LogP) is 1.82. The molecule has 2 N–H and O–H groups in total. The van der Waals surface area contributed by atoms with E-state index < -0.39 is 0 Å². The van der Waals surface area contributed by atoms with E-state index in [1.54, 1.807) is 14.2 Å². The molecule has 1 unspecified atom stereocenters. The molecule has 0 aliphatic carbocycles.